The molecule has 25 heavy (non-hydrogen) atoms. The molecule has 0 heterocycles. The van der Waals surface area contributed by atoms with Crippen LogP contribution >= 0.6 is 11.6 Å². The van der Waals surface area contributed by atoms with Gasteiger partial charge in [-0.2, -0.15) is 0 Å². The summed E-state index contributed by atoms with van der Waals surface area (Å²) in [5, 5.41) is 7.85. The van der Waals surface area contributed by atoms with Gasteiger partial charge in [-0.1, -0.05) is 35.4 Å². The number of hydrogen-bond donors (Lipinski definition) is 3. The Labute approximate surface area is 150 Å². The SMILES string of the molecule is Cc1ccc(NC(=O)C(=O)NCC(=O)Nc2cc(Cl)ccc2C)cc1. The molecule has 2 aromatic carbocycles. The third kappa shape index (κ3) is 5.61. The van der Waals surface area contributed by atoms with Gasteiger partial charge < -0.3 is 16.0 Å². The molecule has 2 rings (SSSR count). The minimum absolute atomic E-state index is 0.327. The summed E-state index contributed by atoms with van der Waals surface area (Å²) in [7, 11) is 0. The molecule has 7 heteroatoms. The van der Waals surface area contributed by atoms with Gasteiger partial charge in [-0.25, -0.2) is 0 Å². The molecule has 0 unspecified atom stereocenters. The van der Waals surface area contributed by atoms with Gasteiger partial charge in [-0.15, -0.1) is 0 Å². The first-order chi connectivity index (χ1) is 11.8. The number of nitrogens with one attached hydrogen (secondary N) is 3. The van der Waals surface area contributed by atoms with Crippen LogP contribution in [0.3, 0.4) is 0 Å². The van der Waals surface area contributed by atoms with Crippen LogP contribution in [0.5, 0.6) is 0 Å². The van der Waals surface area contributed by atoms with E-state index in [2.05, 4.69) is 16.0 Å². The van der Waals surface area contributed by atoms with E-state index in [-0.39, 0.29) is 6.54 Å². The largest absolute Gasteiger partial charge is 0.339 e. The summed E-state index contributed by atoms with van der Waals surface area (Å²) in [6, 6.07) is 12.1. The topological polar surface area (TPSA) is 87.3 Å². The minimum atomic E-state index is -0.890. The van der Waals surface area contributed by atoms with Crippen LogP contribution in [-0.2, 0) is 14.4 Å². The van der Waals surface area contributed by atoms with Gasteiger partial charge in [0.05, 0.1) is 6.54 Å². The maximum absolute atomic E-state index is 11.9. The van der Waals surface area contributed by atoms with Gasteiger partial charge in [0.2, 0.25) is 5.91 Å². The number of anilines is 2. The summed E-state index contributed by atoms with van der Waals surface area (Å²) in [4.78, 5) is 35.5. The van der Waals surface area contributed by atoms with Crippen molar-refractivity contribution in [3.63, 3.8) is 0 Å². The number of halogens is 1. The Bertz CT molecular complexity index is 804. The number of carbonyl (C=O) groups is 3. The average molecular weight is 360 g/mol. The van der Waals surface area contributed by atoms with Gasteiger partial charge in [-0.3, -0.25) is 14.4 Å². The molecule has 0 saturated heterocycles. The zero-order chi connectivity index (χ0) is 18.4. The number of rotatable bonds is 4. The van der Waals surface area contributed by atoms with E-state index in [9.17, 15) is 14.4 Å². The average Bonchev–Trinajstić information content (AvgIpc) is 2.58. The van der Waals surface area contributed by atoms with E-state index in [0.29, 0.717) is 16.4 Å². The fourth-order valence-corrected chi connectivity index (χ4v) is 2.16. The molecule has 0 aliphatic heterocycles. The molecule has 3 N–H and O–H groups in total. The molecule has 3 amide bonds. The standard InChI is InChI=1S/C18H18ClN3O3/c1-11-3-7-14(8-4-11)21-18(25)17(24)20-10-16(23)22-15-9-13(19)6-5-12(15)2/h3-9H,10H2,1-2H3,(H,20,24)(H,21,25)(H,22,23). The van der Waals surface area contributed by atoms with Crippen LogP contribution < -0.4 is 16.0 Å². The zero-order valence-corrected chi connectivity index (χ0v) is 14.6. The lowest BCUT2D eigenvalue weighted by molar-refractivity contribution is -0.136. The molecular weight excluding hydrogens is 342 g/mol. The highest BCUT2D eigenvalue weighted by atomic mass is 35.5. The van der Waals surface area contributed by atoms with Gasteiger partial charge in [-0.05, 0) is 43.7 Å². The molecule has 0 aromatic heterocycles. The van der Waals surface area contributed by atoms with Crippen molar-refractivity contribution >= 4 is 40.7 Å². The van der Waals surface area contributed by atoms with Crippen molar-refractivity contribution in [1.82, 2.24) is 5.32 Å². The molecule has 0 aliphatic rings. The van der Waals surface area contributed by atoms with E-state index in [1.807, 2.05) is 26.0 Å². The third-order valence-electron chi connectivity index (χ3n) is 3.40. The highest BCUT2D eigenvalue weighted by Crippen LogP contribution is 2.19. The Balaban J connectivity index is 1.84. The van der Waals surface area contributed by atoms with E-state index in [0.717, 1.165) is 11.1 Å². The summed E-state index contributed by atoms with van der Waals surface area (Å²) in [5.74, 6) is -2.18. The second-order valence-electron chi connectivity index (χ2n) is 5.51. The summed E-state index contributed by atoms with van der Waals surface area (Å²) in [6.45, 7) is 3.41. The Kier molecular flexibility index (Phi) is 6.14. The van der Waals surface area contributed by atoms with E-state index >= 15 is 0 Å². The highest BCUT2D eigenvalue weighted by Gasteiger charge is 2.15. The number of amides is 3. The third-order valence-corrected chi connectivity index (χ3v) is 3.63. The minimum Gasteiger partial charge on any atom is -0.339 e. The van der Waals surface area contributed by atoms with Crippen molar-refractivity contribution < 1.29 is 14.4 Å². The van der Waals surface area contributed by atoms with Gasteiger partial charge in [0, 0.05) is 16.4 Å². The van der Waals surface area contributed by atoms with Gasteiger partial charge >= 0.3 is 11.8 Å². The van der Waals surface area contributed by atoms with Crippen LogP contribution in [0.4, 0.5) is 11.4 Å². The van der Waals surface area contributed by atoms with Crippen LogP contribution in [0.25, 0.3) is 0 Å². The summed E-state index contributed by atoms with van der Waals surface area (Å²) in [5.41, 5.74) is 2.93. The van der Waals surface area contributed by atoms with Crippen molar-refractivity contribution in [2.24, 2.45) is 0 Å². The maximum Gasteiger partial charge on any atom is 0.313 e. The fourth-order valence-electron chi connectivity index (χ4n) is 1.99. The molecule has 0 aliphatic carbocycles. The highest BCUT2D eigenvalue weighted by molar-refractivity contribution is 6.40. The van der Waals surface area contributed by atoms with Crippen LogP contribution in [0, 0.1) is 13.8 Å². The Hall–Kier alpha value is -2.86. The van der Waals surface area contributed by atoms with Gasteiger partial charge in [0.1, 0.15) is 0 Å². The summed E-state index contributed by atoms with van der Waals surface area (Å²) in [6.07, 6.45) is 0. The first-order valence-corrected chi connectivity index (χ1v) is 7.95. The predicted molar refractivity (Wildman–Crippen MR) is 97.6 cm³/mol. The molecule has 130 valence electrons. The number of benzene rings is 2. The van der Waals surface area contributed by atoms with Crippen molar-refractivity contribution in [2.45, 2.75) is 13.8 Å². The van der Waals surface area contributed by atoms with Crippen LogP contribution in [0.15, 0.2) is 42.5 Å². The molecule has 0 bridgehead atoms. The number of hydrogen-bond acceptors (Lipinski definition) is 3. The van der Waals surface area contributed by atoms with Crippen LogP contribution in [0.2, 0.25) is 5.02 Å². The van der Waals surface area contributed by atoms with Crippen molar-refractivity contribution in [2.75, 3.05) is 17.2 Å². The normalized spacial score (nSPS) is 10.0. The Morgan fingerprint density at radius 3 is 2.28 bits per heavy atom. The second kappa shape index (κ2) is 8.30. The molecule has 0 fully saturated rings. The summed E-state index contributed by atoms with van der Waals surface area (Å²) < 4.78 is 0. The molecule has 0 atom stereocenters. The quantitative estimate of drug-likeness (QED) is 0.733. The lowest BCUT2D eigenvalue weighted by Crippen LogP contribution is -2.39. The van der Waals surface area contributed by atoms with Crippen molar-refractivity contribution in [1.29, 1.82) is 0 Å². The van der Waals surface area contributed by atoms with E-state index in [4.69, 9.17) is 11.6 Å². The molecule has 0 saturated carbocycles. The lowest BCUT2D eigenvalue weighted by Gasteiger charge is -2.10. The van der Waals surface area contributed by atoms with Gasteiger partial charge in [0.25, 0.3) is 0 Å². The second-order valence-corrected chi connectivity index (χ2v) is 5.95. The molecular formula is C18H18ClN3O3. The maximum atomic E-state index is 11.9. The van der Waals surface area contributed by atoms with Crippen LogP contribution in [0.1, 0.15) is 11.1 Å². The molecule has 0 spiro atoms. The van der Waals surface area contributed by atoms with Crippen molar-refractivity contribution in [3.05, 3.63) is 58.6 Å². The number of carbonyl (C=O) groups excluding carboxylic acids is 3. The molecule has 6 nitrogen and oxygen atoms in total. The Morgan fingerprint density at radius 2 is 1.60 bits per heavy atom. The predicted octanol–water partition coefficient (Wildman–Crippen LogP) is 2.65. The smallest absolute Gasteiger partial charge is 0.313 e. The van der Waals surface area contributed by atoms with E-state index in [1.54, 1.807) is 30.3 Å². The lowest BCUT2D eigenvalue weighted by atomic mass is 10.2. The fraction of sp³-hybridized carbons (Fsp3) is 0.167. The summed E-state index contributed by atoms with van der Waals surface area (Å²) >= 11 is 5.88. The molecule has 2 aromatic rings. The number of aryl methyl sites for hydroxylation is 2. The molecule has 0 radical (unpaired) electrons. The zero-order valence-electron chi connectivity index (χ0n) is 13.9. The van der Waals surface area contributed by atoms with Crippen LogP contribution in [-0.4, -0.2) is 24.3 Å². The monoisotopic (exact) mass is 359 g/mol. The van der Waals surface area contributed by atoms with Crippen molar-refractivity contribution in [3.8, 4) is 0 Å². The van der Waals surface area contributed by atoms with Gasteiger partial charge in [0.15, 0.2) is 0 Å². The van der Waals surface area contributed by atoms with E-state index in [1.165, 1.54) is 0 Å². The van der Waals surface area contributed by atoms with E-state index < -0.39 is 17.7 Å². The Morgan fingerprint density at radius 1 is 0.920 bits per heavy atom. The first-order valence-electron chi connectivity index (χ1n) is 7.57. The first kappa shape index (κ1) is 18.5.